The molecule has 8 heteroatoms. The van der Waals surface area contributed by atoms with Crippen molar-refractivity contribution in [1.82, 2.24) is 19.7 Å². The summed E-state index contributed by atoms with van der Waals surface area (Å²) in [6.45, 7) is 2.62. The number of aliphatic carboxylic acids is 1. The standard InChI is InChI=1S/C11H11BrN4O2S/c1-2-16-10(7-3-8(12)5-13-4-7)14-15-11(16)19-6-9(17)18/h3-5H,2,6H2,1H3,(H,17,18). The summed E-state index contributed by atoms with van der Waals surface area (Å²) in [5, 5.41) is 17.5. The number of carboxylic acids is 1. The van der Waals surface area contributed by atoms with E-state index in [9.17, 15) is 4.79 Å². The molecule has 6 nitrogen and oxygen atoms in total. The summed E-state index contributed by atoms with van der Waals surface area (Å²) in [5.74, 6) is -0.222. The van der Waals surface area contributed by atoms with Crippen molar-refractivity contribution >= 4 is 33.7 Å². The van der Waals surface area contributed by atoms with Crippen molar-refractivity contribution in [2.45, 2.75) is 18.6 Å². The Balaban J connectivity index is 2.34. The van der Waals surface area contributed by atoms with Gasteiger partial charge in [0.2, 0.25) is 0 Å². The second-order valence-electron chi connectivity index (χ2n) is 3.62. The maximum Gasteiger partial charge on any atom is 0.313 e. The van der Waals surface area contributed by atoms with Crippen LogP contribution in [0.25, 0.3) is 11.4 Å². The fourth-order valence-electron chi connectivity index (χ4n) is 1.55. The minimum absolute atomic E-state index is 0.0329. The Hall–Kier alpha value is -1.41. The SMILES string of the molecule is CCn1c(SCC(=O)O)nnc1-c1cncc(Br)c1. The van der Waals surface area contributed by atoms with Crippen LogP contribution in [0, 0.1) is 0 Å². The van der Waals surface area contributed by atoms with Crippen LogP contribution >= 0.6 is 27.7 Å². The Morgan fingerprint density at radius 3 is 2.89 bits per heavy atom. The quantitative estimate of drug-likeness (QED) is 0.839. The number of carboxylic acid groups (broad SMARTS) is 1. The molecule has 0 aliphatic rings. The summed E-state index contributed by atoms with van der Waals surface area (Å²) in [7, 11) is 0. The van der Waals surface area contributed by atoms with E-state index in [0.29, 0.717) is 17.5 Å². The average Bonchev–Trinajstić information content (AvgIpc) is 2.79. The number of thioether (sulfide) groups is 1. The van der Waals surface area contributed by atoms with Crippen LogP contribution in [0.15, 0.2) is 28.1 Å². The zero-order chi connectivity index (χ0) is 13.8. The molecule has 2 rings (SSSR count). The van der Waals surface area contributed by atoms with Crippen molar-refractivity contribution in [2.75, 3.05) is 5.75 Å². The highest BCUT2D eigenvalue weighted by Crippen LogP contribution is 2.24. The molecule has 0 amide bonds. The monoisotopic (exact) mass is 342 g/mol. The molecular weight excluding hydrogens is 332 g/mol. The van der Waals surface area contributed by atoms with E-state index < -0.39 is 5.97 Å². The molecule has 0 spiro atoms. The lowest BCUT2D eigenvalue weighted by Crippen LogP contribution is -2.03. The van der Waals surface area contributed by atoms with E-state index in [0.717, 1.165) is 21.8 Å². The number of carbonyl (C=O) groups is 1. The largest absolute Gasteiger partial charge is 0.481 e. The Kier molecular flexibility index (Phi) is 4.54. The topological polar surface area (TPSA) is 80.9 Å². The van der Waals surface area contributed by atoms with E-state index >= 15 is 0 Å². The molecule has 0 saturated heterocycles. The minimum Gasteiger partial charge on any atom is -0.481 e. The van der Waals surface area contributed by atoms with Gasteiger partial charge in [0.05, 0.1) is 5.75 Å². The van der Waals surface area contributed by atoms with Gasteiger partial charge in [-0.25, -0.2) is 0 Å². The highest BCUT2D eigenvalue weighted by molar-refractivity contribution is 9.10. The number of hydrogen-bond acceptors (Lipinski definition) is 5. The van der Waals surface area contributed by atoms with E-state index in [1.54, 1.807) is 12.4 Å². The van der Waals surface area contributed by atoms with Gasteiger partial charge in [0.15, 0.2) is 11.0 Å². The molecule has 0 fully saturated rings. The maximum atomic E-state index is 10.6. The van der Waals surface area contributed by atoms with Crippen molar-refractivity contribution in [3.05, 3.63) is 22.9 Å². The third kappa shape index (κ3) is 3.32. The van der Waals surface area contributed by atoms with Gasteiger partial charge in [-0.3, -0.25) is 9.78 Å². The molecule has 0 bridgehead atoms. The summed E-state index contributed by atoms with van der Waals surface area (Å²) >= 11 is 4.52. The highest BCUT2D eigenvalue weighted by atomic mass is 79.9. The number of halogens is 1. The van der Waals surface area contributed by atoms with Gasteiger partial charge in [-0.1, -0.05) is 11.8 Å². The molecule has 1 N–H and O–H groups in total. The predicted octanol–water partition coefficient (Wildman–Crippen LogP) is 2.30. The molecule has 0 saturated carbocycles. The number of pyridine rings is 1. The fraction of sp³-hybridized carbons (Fsp3) is 0.273. The van der Waals surface area contributed by atoms with Crippen molar-refractivity contribution in [3.63, 3.8) is 0 Å². The first-order valence-electron chi connectivity index (χ1n) is 5.50. The van der Waals surface area contributed by atoms with E-state index in [2.05, 4.69) is 31.1 Å². The lowest BCUT2D eigenvalue weighted by atomic mass is 10.3. The molecule has 2 aromatic heterocycles. The molecule has 0 unspecified atom stereocenters. The minimum atomic E-state index is -0.874. The number of rotatable bonds is 5. The highest BCUT2D eigenvalue weighted by Gasteiger charge is 2.14. The van der Waals surface area contributed by atoms with Crippen LogP contribution in [0.1, 0.15) is 6.92 Å². The molecular formula is C11H11BrN4O2S. The molecule has 0 atom stereocenters. The van der Waals surface area contributed by atoms with Crippen molar-refractivity contribution in [1.29, 1.82) is 0 Å². The Morgan fingerprint density at radius 1 is 1.47 bits per heavy atom. The lowest BCUT2D eigenvalue weighted by Gasteiger charge is -2.06. The number of hydrogen-bond donors (Lipinski definition) is 1. The second-order valence-corrected chi connectivity index (χ2v) is 5.48. The first-order chi connectivity index (χ1) is 9.11. The van der Waals surface area contributed by atoms with Crippen LogP contribution in [0.3, 0.4) is 0 Å². The molecule has 19 heavy (non-hydrogen) atoms. The van der Waals surface area contributed by atoms with Crippen molar-refractivity contribution in [2.24, 2.45) is 0 Å². The number of nitrogens with zero attached hydrogens (tertiary/aromatic N) is 4. The molecule has 100 valence electrons. The van der Waals surface area contributed by atoms with Crippen LogP contribution in [0.5, 0.6) is 0 Å². The molecule has 0 aromatic carbocycles. The van der Waals surface area contributed by atoms with Gasteiger partial charge in [-0.2, -0.15) is 0 Å². The van der Waals surface area contributed by atoms with Gasteiger partial charge in [-0.15, -0.1) is 10.2 Å². The van der Waals surface area contributed by atoms with Crippen molar-refractivity contribution in [3.8, 4) is 11.4 Å². The Labute approximate surface area is 122 Å². The maximum absolute atomic E-state index is 10.6. The third-order valence-corrected chi connectivity index (χ3v) is 3.71. The van der Waals surface area contributed by atoms with Crippen molar-refractivity contribution < 1.29 is 9.90 Å². The van der Waals surface area contributed by atoms with Gasteiger partial charge in [-0.05, 0) is 28.9 Å². The summed E-state index contributed by atoms with van der Waals surface area (Å²) in [6, 6.07) is 1.90. The molecule has 0 radical (unpaired) electrons. The fourth-order valence-corrected chi connectivity index (χ4v) is 2.64. The Morgan fingerprint density at radius 2 is 2.26 bits per heavy atom. The third-order valence-electron chi connectivity index (χ3n) is 2.32. The first kappa shape index (κ1) is 14.0. The van der Waals surface area contributed by atoms with E-state index in [-0.39, 0.29) is 5.75 Å². The molecule has 0 aliphatic heterocycles. The zero-order valence-corrected chi connectivity index (χ0v) is 12.5. The summed E-state index contributed by atoms with van der Waals surface area (Å²) in [5.41, 5.74) is 0.839. The summed E-state index contributed by atoms with van der Waals surface area (Å²) in [6.07, 6.45) is 3.39. The summed E-state index contributed by atoms with van der Waals surface area (Å²) < 4.78 is 2.73. The van der Waals surface area contributed by atoms with Crippen LogP contribution in [-0.2, 0) is 11.3 Å². The predicted molar refractivity (Wildman–Crippen MR) is 75.0 cm³/mol. The van der Waals surface area contributed by atoms with Gasteiger partial charge in [0, 0.05) is 29.0 Å². The van der Waals surface area contributed by atoms with Crippen LogP contribution in [0.4, 0.5) is 0 Å². The van der Waals surface area contributed by atoms with Crippen LogP contribution < -0.4 is 0 Å². The lowest BCUT2D eigenvalue weighted by molar-refractivity contribution is -0.133. The first-order valence-corrected chi connectivity index (χ1v) is 7.28. The van der Waals surface area contributed by atoms with E-state index in [1.165, 1.54) is 0 Å². The normalized spacial score (nSPS) is 10.6. The average molecular weight is 343 g/mol. The number of aromatic nitrogens is 4. The van der Waals surface area contributed by atoms with Gasteiger partial charge >= 0.3 is 5.97 Å². The van der Waals surface area contributed by atoms with E-state index in [4.69, 9.17) is 5.11 Å². The van der Waals surface area contributed by atoms with Gasteiger partial charge in [0.1, 0.15) is 0 Å². The molecule has 2 heterocycles. The second kappa shape index (κ2) is 6.16. The molecule has 0 aliphatic carbocycles. The van der Waals surface area contributed by atoms with Gasteiger partial charge < -0.3 is 9.67 Å². The smallest absolute Gasteiger partial charge is 0.313 e. The van der Waals surface area contributed by atoms with Crippen LogP contribution in [0.2, 0.25) is 0 Å². The van der Waals surface area contributed by atoms with E-state index in [1.807, 2.05) is 17.6 Å². The van der Waals surface area contributed by atoms with Gasteiger partial charge in [0.25, 0.3) is 0 Å². The van der Waals surface area contributed by atoms with Crippen LogP contribution in [-0.4, -0.2) is 36.6 Å². The molecule has 2 aromatic rings. The zero-order valence-electron chi connectivity index (χ0n) is 10.1. The summed E-state index contributed by atoms with van der Waals surface area (Å²) in [4.78, 5) is 14.7. The Bertz CT molecular complexity index is 602.